The van der Waals surface area contributed by atoms with Crippen molar-refractivity contribution in [3.8, 4) is 5.82 Å². The minimum absolute atomic E-state index is 0.139. The average molecular weight is 447 g/mol. The van der Waals surface area contributed by atoms with Crippen LogP contribution in [0.4, 0.5) is 11.4 Å². The summed E-state index contributed by atoms with van der Waals surface area (Å²) in [7, 11) is 0. The maximum Gasteiger partial charge on any atom is 0.253 e. The van der Waals surface area contributed by atoms with E-state index >= 15 is 0 Å². The van der Waals surface area contributed by atoms with Crippen molar-refractivity contribution in [2.45, 2.75) is 46.1 Å². The number of aromatic nitrogens is 3. The quantitative estimate of drug-likeness (QED) is 0.578. The van der Waals surface area contributed by atoms with E-state index < -0.39 is 0 Å². The van der Waals surface area contributed by atoms with Gasteiger partial charge in [0.15, 0.2) is 5.82 Å². The van der Waals surface area contributed by atoms with E-state index in [1.807, 2.05) is 45.0 Å². The fraction of sp³-hybridized carbons (Fsp3) is 0.360. The van der Waals surface area contributed by atoms with E-state index in [1.165, 1.54) is 19.0 Å². The van der Waals surface area contributed by atoms with E-state index in [0.29, 0.717) is 11.4 Å². The van der Waals surface area contributed by atoms with Crippen molar-refractivity contribution in [1.82, 2.24) is 20.1 Å². The molecule has 1 aliphatic rings. The number of nitrogens with one attached hydrogen (secondary N) is 2. The van der Waals surface area contributed by atoms with Crippen molar-refractivity contribution in [2.75, 3.05) is 23.3 Å². The van der Waals surface area contributed by atoms with Crippen LogP contribution in [-0.4, -0.2) is 45.7 Å². The molecule has 1 fully saturated rings. The lowest BCUT2D eigenvalue weighted by Crippen LogP contribution is -2.35. The number of carbonyl (C=O) groups excluding carboxylic acids is 2. The molecule has 4 rings (SSSR count). The van der Waals surface area contributed by atoms with Crippen molar-refractivity contribution in [3.05, 3.63) is 65.6 Å². The van der Waals surface area contributed by atoms with Gasteiger partial charge in [-0.15, -0.1) is 0 Å². The molecule has 0 bridgehead atoms. The molecule has 8 nitrogen and oxygen atoms in total. The molecule has 1 atom stereocenters. The minimum Gasteiger partial charge on any atom is -0.371 e. The third-order valence-electron chi connectivity index (χ3n) is 5.71. The van der Waals surface area contributed by atoms with Crippen molar-refractivity contribution in [1.29, 1.82) is 0 Å². The number of rotatable bonds is 7. The monoisotopic (exact) mass is 446 g/mol. The van der Waals surface area contributed by atoms with Gasteiger partial charge in [-0.3, -0.25) is 9.59 Å². The normalized spacial score (nSPS) is 14.2. The van der Waals surface area contributed by atoms with Crippen molar-refractivity contribution in [2.24, 2.45) is 0 Å². The van der Waals surface area contributed by atoms with Gasteiger partial charge in [-0.25, -0.2) is 9.67 Å². The van der Waals surface area contributed by atoms with Crippen LogP contribution in [0.2, 0.25) is 0 Å². The van der Waals surface area contributed by atoms with Gasteiger partial charge in [-0.1, -0.05) is 6.07 Å². The van der Waals surface area contributed by atoms with Gasteiger partial charge in [0.05, 0.1) is 11.3 Å². The largest absolute Gasteiger partial charge is 0.371 e. The van der Waals surface area contributed by atoms with Gasteiger partial charge in [-0.05, 0) is 70.0 Å². The summed E-state index contributed by atoms with van der Waals surface area (Å²) in [6.45, 7) is 7.80. The predicted octanol–water partition coefficient (Wildman–Crippen LogP) is 3.63. The minimum atomic E-state index is -0.324. The predicted molar refractivity (Wildman–Crippen MR) is 129 cm³/mol. The van der Waals surface area contributed by atoms with Crippen molar-refractivity contribution < 1.29 is 9.59 Å². The zero-order valence-corrected chi connectivity index (χ0v) is 19.3. The Hall–Kier alpha value is -3.68. The van der Waals surface area contributed by atoms with E-state index in [9.17, 15) is 9.59 Å². The summed E-state index contributed by atoms with van der Waals surface area (Å²) < 4.78 is 1.74. The molecule has 2 aromatic heterocycles. The fourth-order valence-corrected chi connectivity index (χ4v) is 4.11. The highest BCUT2D eigenvalue weighted by atomic mass is 16.2. The number of hydrogen-bond donors (Lipinski definition) is 2. The zero-order chi connectivity index (χ0) is 23.4. The molecule has 1 unspecified atom stereocenters. The van der Waals surface area contributed by atoms with Gasteiger partial charge in [0, 0.05) is 48.8 Å². The van der Waals surface area contributed by atoms with Crippen LogP contribution in [0.15, 0.2) is 48.7 Å². The van der Waals surface area contributed by atoms with Crippen LogP contribution in [0.1, 0.15) is 47.9 Å². The SMILES string of the molecule is Cc1cc(C)n(-c2ccc(C(=O)NC(C)CC(=O)Nc3cccc(N4CCCC4)c3)cn2)n1. The first-order valence-electron chi connectivity index (χ1n) is 11.3. The van der Waals surface area contributed by atoms with Crippen LogP contribution in [0, 0.1) is 13.8 Å². The molecule has 0 radical (unpaired) electrons. The molecule has 3 heterocycles. The second-order valence-corrected chi connectivity index (χ2v) is 8.62. The number of anilines is 2. The Morgan fingerprint density at radius 3 is 2.55 bits per heavy atom. The third-order valence-corrected chi connectivity index (χ3v) is 5.71. The number of nitrogens with zero attached hydrogens (tertiary/aromatic N) is 4. The highest BCUT2D eigenvalue weighted by Crippen LogP contribution is 2.23. The van der Waals surface area contributed by atoms with E-state index in [-0.39, 0.29) is 24.3 Å². The van der Waals surface area contributed by atoms with Crippen molar-refractivity contribution in [3.63, 3.8) is 0 Å². The zero-order valence-electron chi connectivity index (χ0n) is 19.3. The van der Waals surface area contributed by atoms with Gasteiger partial charge in [0.1, 0.15) is 0 Å². The highest BCUT2D eigenvalue weighted by molar-refractivity contribution is 5.95. The first kappa shape index (κ1) is 22.5. The second-order valence-electron chi connectivity index (χ2n) is 8.62. The van der Waals surface area contributed by atoms with Gasteiger partial charge >= 0.3 is 0 Å². The van der Waals surface area contributed by atoms with Crippen LogP contribution in [-0.2, 0) is 4.79 Å². The van der Waals surface area contributed by atoms with Gasteiger partial charge in [-0.2, -0.15) is 5.10 Å². The number of hydrogen-bond acceptors (Lipinski definition) is 5. The number of benzene rings is 1. The second kappa shape index (κ2) is 9.85. The molecule has 1 aliphatic heterocycles. The summed E-state index contributed by atoms with van der Waals surface area (Å²) in [5, 5.41) is 10.2. The Kier molecular flexibility index (Phi) is 6.72. The van der Waals surface area contributed by atoms with E-state index in [4.69, 9.17) is 0 Å². The molecule has 1 saturated heterocycles. The smallest absolute Gasteiger partial charge is 0.253 e. The van der Waals surface area contributed by atoms with Crippen LogP contribution in [0.3, 0.4) is 0 Å². The van der Waals surface area contributed by atoms with Crippen molar-refractivity contribution >= 4 is 23.2 Å². The lowest BCUT2D eigenvalue weighted by atomic mass is 10.2. The topological polar surface area (TPSA) is 92.2 Å². The molecule has 1 aromatic carbocycles. The molecule has 172 valence electrons. The van der Waals surface area contributed by atoms with E-state index in [1.54, 1.807) is 16.8 Å². The molecule has 0 aliphatic carbocycles. The van der Waals surface area contributed by atoms with E-state index in [0.717, 1.165) is 35.9 Å². The summed E-state index contributed by atoms with van der Waals surface area (Å²) in [5.41, 5.74) is 4.22. The number of amides is 2. The summed E-state index contributed by atoms with van der Waals surface area (Å²) in [6.07, 6.45) is 4.11. The highest BCUT2D eigenvalue weighted by Gasteiger charge is 2.16. The summed E-state index contributed by atoms with van der Waals surface area (Å²) in [5.74, 6) is 0.249. The number of aryl methyl sites for hydroxylation is 2. The fourth-order valence-electron chi connectivity index (χ4n) is 4.11. The van der Waals surface area contributed by atoms with Gasteiger partial charge in [0.25, 0.3) is 5.91 Å². The first-order chi connectivity index (χ1) is 15.9. The Morgan fingerprint density at radius 2 is 1.88 bits per heavy atom. The Morgan fingerprint density at radius 1 is 1.09 bits per heavy atom. The summed E-state index contributed by atoms with van der Waals surface area (Å²) in [6, 6.07) is 13.0. The first-order valence-corrected chi connectivity index (χ1v) is 11.3. The Balaban J connectivity index is 1.30. The molecular weight excluding hydrogens is 416 g/mol. The lowest BCUT2D eigenvalue weighted by Gasteiger charge is -2.19. The maximum absolute atomic E-state index is 12.6. The molecule has 33 heavy (non-hydrogen) atoms. The Bertz CT molecular complexity index is 1130. The standard InChI is InChI=1S/C25H30N6O2/c1-17(14-24(32)28-21-7-6-8-22(15-21)30-11-4-5-12-30)27-25(33)20-9-10-23(26-16-20)31-19(3)13-18(2)29-31/h6-10,13,15-17H,4-5,11-12,14H2,1-3H3,(H,27,33)(H,28,32). The molecule has 8 heteroatoms. The Labute approximate surface area is 194 Å². The van der Waals surface area contributed by atoms with Crippen LogP contribution in [0.25, 0.3) is 5.82 Å². The van der Waals surface area contributed by atoms with Gasteiger partial charge < -0.3 is 15.5 Å². The van der Waals surface area contributed by atoms with Crippen LogP contribution >= 0.6 is 0 Å². The van der Waals surface area contributed by atoms with Crippen LogP contribution < -0.4 is 15.5 Å². The molecule has 3 aromatic rings. The van der Waals surface area contributed by atoms with Crippen LogP contribution in [0.5, 0.6) is 0 Å². The van der Waals surface area contributed by atoms with E-state index in [2.05, 4.69) is 31.7 Å². The number of carbonyl (C=O) groups is 2. The number of pyridine rings is 1. The molecule has 0 saturated carbocycles. The molecule has 0 spiro atoms. The molecule has 2 amide bonds. The third kappa shape index (κ3) is 5.58. The molecular formula is C25H30N6O2. The summed E-state index contributed by atoms with van der Waals surface area (Å²) in [4.78, 5) is 31.8. The average Bonchev–Trinajstić information content (AvgIpc) is 3.43. The molecule has 2 N–H and O–H groups in total. The maximum atomic E-state index is 12.6. The van der Waals surface area contributed by atoms with Gasteiger partial charge in [0.2, 0.25) is 5.91 Å². The lowest BCUT2D eigenvalue weighted by molar-refractivity contribution is -0.116. The summed E-state index contributed by atoms with van der Waals surface area (Å²) >= 11 is 0.